The van der Waals surface area contributed by atoms with Crippen LogP contribution < -0.4 is 16.6 Å². The molecule has 0 heterocycles. The van der Waals surface area contributed by atoms with E-state index in [1.807, 2.05) is 0 Å². The van der Waals surface area contributed by atoms with Crippen LogP contribution in [0.2, 0.25) is 0 Å². The van der Waals surface area contributed by atoms with Crippen LogP contribution in [0.25, 0.3) is 0 Å². The van der Waals surface area contributed by atoms with Gasteiger partial charge in [-0.15, -0.1) is 5.10 Å². The number of hydrazone groups is 1. The molecule has 0 fully saturated rings. The van der Waals surface area contributed by atoms with Gasteiger partial charge in [0.05, 0.1) is 0 Å². The van der Waals surface area contributed by atoms with Crippen LogP contribution in [0, 0.1) is 0 Å². The second kappa shape index (κ2) is 4.61. The molecule has 1 aliphatic rings. The van der Waals surface area contributed by atoms with E-state index in [2.05, 4.69) is 16.6 Å². The van der Waals surface area contributed by atoms with Crippen LogP contribution in [0.5, 0.6) is 0 Å². The minimum Gasteiger partial charge on any atom is -0.367 e. The Kier molecular flexibility index (Phi) is 3.40. The van der Waals surface area contributed by atoms with Gasteiger partial charge in [-0.25, -0.2) is 5.48 Å². The summed E-state index contributed by atoms with van der Waals surface area (Å²) in [5, 5.41) is 12.0. The summed E-state index contributed by atoms with van der Waals surface area (Å²) < 4.78 is 0. The van der Waals surface area contributed by atoms with Gasteiger partial charge in [0.15, 0.2) is 0 Å². The SMILES string of the molecule is NC(=NNC1=CCCCC1)NO. The molecule has 0 aromatic rings. The van der Waals surface area contributed by atoms with Crippen molar-refractivity contribution in [1.82, 2.24) is 10.9 Å². The second-order valence-corrected chi connectivity index (χ2v) is 2.70. The maximum atomic E-state index is 8.30. The summed E-state index contributed by atoms with van der Waals surface area (Å²) >= 11 is 0. The molecule has 68 valence electrons. The van der Waals surface area contributed by atoms with E-state index in [0.717, 1.165) is 18.5 Å². The van der Waals surface area contributed by atoms with Crippen molar-refractivity contribution in [2.24, 2.45) is 10.8 Å². The van der Waals surface area contributed by atoms with Crippen molar-refractivity contribution >= 4 is 5.96 Å². The van der Waals surface area contributed by atoms with Crippen molar-refractivity contribution in [3.63, 3.8) is 0 Å². The van der Waals surface area contributed by atoms with Gasteiger partial charge in [0.2, 0.25) is 5.96 Å². The van der Waals surface area contributed by atoms with Gasteiger partial charge in [-0.2, -0.15) is 0 Å². The molecule has 0 unspecified atom stereocenters. The molecular formula is C7H14N4O. The maximum Gasteiger partial charge on any atom is 0.235 e. The second-order valence-electron chi connectivity index (χ2n) is 2.70. The zero-order chi connectivity index (χ0) is 8.81. The summed E-state index contributed by atoms with van der Waals surface area (Å²) in [6.07, 6.45) is 6.60. The Morgan fingerprint density at radius 3 is 3.00 bits per heavy atom. The number of hydroxylamine groups is 1. The van der Waals surface area contributed by atoms with Crippen LogP contribution in [0.1, 0.15) is 25.7 Å². The van der Waals surface area contributed by atoms with E-state index >= 15 is 0 Å². The Bertz CT molecular complexity index is 200. The van der Waals surface area contributed by atoms with Crippen molar-refractivity contribution in [1.29, 1.82) is 0 Å². The van der Waals surface area contributed by atoms with E-state index in [1.54, 1.807) is 5.48 Å². The van der Waals surface area contributed by atoms with Crippen molar-refractivity contribution in [2.75, 3.05) is 0 Å². The number of nitrogens with one attached hydrogen (secondary N) is 2. The molecule has 5 heteroatoms. The summed E-state index contributed by atoms with van der Waals surface area (Å²) in [4.78, 5) is 0. The first kappa shape index (κ1) is 8.86. The normalized spacial score (nSPS) is 18.4. The molecule has 5 nitrogen and oxygen atoms in total. The summed E-state index contributed by atoms with van der Waals surface area (Å²) in [6.45, 7) is 0. The van der Waals surface area contributed by atoms with Crippen LogP contribution in [0.3, 0.4) is 0 Å². The number of allylic oxidation sites excluding steroid dienone is 2. The largest absolute Gasteiger partial charge is 0.367 e. The first-order chi connectivity index (χ1) is 5.83. The fourth-order valence-electron chi connectivity index (χ4n) is 1.10. The maximum absolute atomic E-state index is 8.30. The molecule has 0 spiro atoms. The molecular weight excluding hydrogens is 156 g/mol. The fourth-order valence-corrected chi connectivity index (χ4v) is 1.10. The number of hydrogen-bond acceptors (Lipinski definition) is 3. The third kappa shape index (κ3) is 2.79. The average Bonchev–Trinajstić information content (AvgIpc) is 2.16. The van der Waals surface area contributed by atoms with Gasteiger partial charge < -0.3 is 5.73 Å². The van der Waals surface area contributed by atoms with Crippen molar-refractivity contribution in [3.05, 3.63) is 11.8 Å². The highest BCUT2D eigenvalue weighted by molar-refractivity contribution is 5.76. The number of guanidine groups is 1. The predicted octanol–water partition coefficient (Wildman–Crippen LogP) is 0.242. The topological polar surface area (TPSA) is 82.7 Å². The van der Waals surface area contributed by atoms with E-state index in [0.29, 0.717) is 0 Å². The minimum absolute atomic E-state index is 0.0264. The first-order valence-corrected chi connectivity index (χ1v) is 4.01. The van der Waals surface area contributed by atoms with Gasteiger partial charge in [-0.05, 0) is 25.7 Å². The quantitative estimate of drug-likeness (QED) is 0.272. The molecule has 1 rings (SSSR count). The van der Waals surface area contributed by atoms with E-state index in [4.69, 9.17) is 10.9 Å². The van der Waals surface area contributed by atoms with Gasteiger partial charge in [-0.3, -0.25) is 10.6 Å². The van der Waals surface area contributed by atoms with Crippen LogP contribution in [-0.4, -0.2) is 11.2 Å². The number of hydrogen-bond donors (Lipinski definition) is 4. The lowest BCUT2D eigenvalue weighted by atomic mass is 10.1. The molecule has 0 aromatic heterocycles. The molecule has 0 saturated heterocycles. The molecule has 0 bridgehead atoms. The van der Waals surface area contributed by atoms with Gasteiger partial charge in [0.1, 0.15) is 0 Å². The van der Waals surface area contributed by atoms with E-state index in [-0.39, 0.29) is 5.96 Å². The summed E-state index contributed by atoms with van der Waals surface area (Å²) in [5.41, 5.74) is 10.8. The summed E-state index contributed by atoms with van der Waals surface area (Å²) in [7, 11) is 0. The summed E-state index contributed by atoms with van der Waals surface area (Å²) in [5.74, 6) is -0.0264. The minimum atomic E-state index is -0.0264. The Labute approximate surface area is 71.3 Å². The van der Waals surface area contributed by atoms with E-state index in [9.17, 15) is 0 Å². The Morgan fingerprint density at radius 2 is 2.42 bits per heavy atom. The molecule has 5 N–H and O–H groups in total. The molecule has 0 atom stereocenters. The van der Waals surface area contributed by atoms with Gasteiger partial charge in [-0.1, -0.05) is 6.08 Å². The third-order valence-corrected chi connectivity index (χ3v) is 1.73. The van der Waals surface area contributed by atoms with Crippen LogP contribution in [0.15, 0.2) is 16.9 Å². The van der Waals surface area contributed by atoms with Crippen LogP contribution in [0.4, 0.5) is 0 Å². The van der Waals surface area contributed by atoms with Gasteiger partial charge >= 0.3 is 0 Å². The molecule has 1 aliphatic carbocycles. The van der Waals surface area contributed by atoms with Crippen LogP contribution in [-0.2, 0) is 0 Å². The Balaban J connectivity index is 2.35. The standard InChI is InChI=1S/C7H14N4O/c8-7(11-12)10-9-6-4-2-1-3-5-6/h4,9,12H,1-3,5H2,(H3,8,10,11). The molecule has 0 radical (unpaired) electrons. The number of nitrogens with two attached hydrogens (primary N) is 1. The third-order valence-electron chi connectivity index (χ3n) is 1.73. The Hall–Kier alpha value is -1.23. The molecule has 12 heavy (non-hydrogen) atoms. The predicted molar refractivity (Wildman–Crippen MR) is 46.2 cm³/mol. The smallest absolute Gasteiger partial charge is 0.235 e. The van der Waals surface area contributed by atoms with E-state index in [1.165, 1.54) is 12.8 Å². The molecule has 0 aromatic carbocycles. The van der Waals surface area contributed by atoms with Crippen LogP contribution >= 0.6 is 0 Å². The average molecular weight is 170 g/mol. The van der Waals surface area contributed by atoms with Crippen molar-refractivity contribution in [2.45, 2.75) is 25.7 Å². The lowest BCUT2D eigenvalue weighted by molar-refractivity contribution is 0.232. The summed E-state index contributed by atoms with van der Waals surface area (Å²) in [6, 6.07) is 0. The number of rotatable bonds is 2. The van der Waals surface area contributed by atoms with Crippen molar-refractivity contribution < 1.29 is 5.21 Å². The molecule has 0 aliphatic heterocycles. The molecule has 0 amide bonds. The highest BCUT2D eigenvalue weighted by Gasteiger charge is 2.01. The van der Waals surface area contributed by atoms with Crippen molar-refractivity contribution in [3.8, 4) is 0 Å². The lowest BCUT2D eigenvalue weighted by Crippen LogP contribution is -2.30. The molecule has 0 saturated carbocycles. The zero-order valence-electron chi connectivity index (χ0n) is 6.88. The zero-order valence-corrected chi connectivity index (χ0v) is 6.88. The van der Waals surface area contributed by atoms with Gasteiger partial charge in [0, 0.05) is 5.70 Å². The first-order valence-electron chi connectivity index (χ1n) is 4.01. The monoisotopic (exact) mass is 170 g/mol. The lowest BCUT2D eigenvalue weighted by Gasteiger charge is -2.11. The Morgan fingerprint density at radius 1 is 1.58 bits per heavy atom. The highest BCUT2D eigenvalue weighted by Crippen LogP contribution is 2.14. The number of nitrogens with zero attached hydrogens (tertiary/aromatic N) is 1. The van der Waals surface area contributed by atoms with E-state index < -0.39 is 0 Å². The highest BCUT2D eigenvalue weighted by atomic mass is 16.5. The van der Waals surface area contributed by atoms with Gasteiger partial charge in [0.25, 0.3) is 0 Å². The fraction of sp³-hybridized carbons (Fsp3) is 0.571.